The molecule has 3 aromatic carbocycles. The molecule has 3 aromatic rings. The Kier molecular flexibility index (Phi) is 7.09. The van der Waals surface area contributed by atoms with Crippen LogP contribution in [-0.4, -0.2) is 36.2 Å². The lowest BCUT2D eigenvalue weighted by molar-refractivity contribution is -0.139. The lowest BCUT2D eigenvalue weighted by atomic mass is 9.96. The molecule has 1 aliphatic rings. The lowest BCUT2D eigenvalue weighted by Crippen LogP contribution is -2.43. The Bertz CT molecular complexity index is 1290. The molecule has 0 saturated heterocycles. The minimum absolute atomic E-state index is 0.0694. The fourth-order valence-electron chi connectivity index (χ4n) is 3.83. The number of benzene rings is 3. The smallest absolute Gasteiger partial charge is 0.326 e. The van der Waals surface area contributed by atoms with E-state index in [0.717, 1.165) is 30.3 Å². The highest BCUT2D eigenvalue weighted by Crippen LogP contribution is 2.45. The number of fused-ring (bicyclic) bond motifs is 1. The largest absolute Gasteiger partial charge is 0.489 e. The molecule has 0 radical (unpaired) electrons. The summed E-state index contributed by atoms with van der Waals surface area (Å²) >= 11 is 12.5. The average Bonchev–Trinajstić information content (AvgIpc) is 2.79. The van der Waals surface area contributed by atoms with Crippen molar-refractivity contribution in [2.75, 3.05) is 18.5 Å². The summed E-state index contributed by atoms with van der Waals surface area (Å²) in [5.41, 5.74) is 0.831. The number of carbonyl (C=O) groups excluding carboxylic acids is 1. The SMILES string of the molecule is O=C(N[C@@H](Cc1ccc(-c2c(Cl)cc(F)cc2Cl)c2c1OCCN2)C(=O)O)c1c(F)cccc1F. The fraction of sp³-hybridized carbons (Fsp3) is 0.167. The third kappa shape index (κ3) is 5.01. The lowest BCUT2D eigenvalue weighted by Gasteiger charge is -2.26. The van der Waals surface area contributed by atoms with Crippen molar-refractivity contribution < 1.29 is 32.6 Å². The van der Waals surface area contributed by atoms with Gasteiger partial charge in [0.1, 0.15) is 41.4 Å². The molecule has 11 heteroatoms. The molecule has 0 saturated carbocycles. The Morgan fingerprint density at radius 2 is 1.74 bits per heavy atom. The van der Waals surface area contributed by atoms with Gasteiger partial charge in [-0.05, 0) is 29.8 Å². The number of halogens is 5. The van der Waals surface area contributed by atoms with Crippen molar-refractivity contribution in [2.45, 2.75) is 12.5 Å². The summed E-state index contributed by atoms with van der Waals surface area (Å²) in [7, 11) is 0. The molecule has 1 aliphatic heterocycles. The predicted molar refractivity (Wildman–Crippen MR) is 125 cm³/mol. The van der Waals surface area contributed by atoms with Crippen LogP contribution in [0.3, 0.4) is 0 Å². The van der Waals surface area contributed by atoms with Gasteiger partial charge in [0.05, 0.1) is 15.7 Å². The number of nitrogens with one attached hydrogen (secondary N) is 2. The van der Waals surface area contributed by atoms with Crippen molar-refractivity contribution in [3.8, 4) is 16.9 Å². The average molecular weight is 525 g/mol. The van der Waals surface area contributed by atoms with Gasteiger partial charge in [0.15, 0.2) is 0 Å². The Hall–Kier alpha value is -3.43. The number of ether oxygens (including phenoxy) is 1. The molecular formula is C24H17Cl2F3N2O4. The molecule has 1 amide bonds. The first-order valence-corrected chi connectivity index (χ1v) is 11.1. The highest BCUT2D eigenvalue weighted by molar-refractivity contribution is 6.39. The minimum Gasteiger partial charge on any atom is -0.489 e. The van der Waals surface area contributed by atoms with Crippen molar-refractivity contribution in [1.82, 2.24) is 5.32 Å². The molecule has 4 rings (SSSR count). The molecule has 182 valence electrons. The second-order valence-corrected chi connectivity index (χ2v) is 8.48. The van der Waals surface area contributed by atoms with Gasteiger partial charge in [-0.25, -0.2) is 18.0 Å². The number of rotatable bonds is 6. The van der Waals surface area contributed by atoms with Gasteiger partial charge < -0.3 is 20.5 Å². The third-order valence-electron chi connectivity index (χ3n) is 5.38. The van der Waals surface area contributed by atoms with Gasteiger partial charge in [0.25, 0.3) is 5.91 Å². The van der Waals surface area contributed by atoms with Crippen molar-refractivity contribution in [2.24, 2.45) is 0 Å². The first-order chi connectivity index (χ1) is 16.7. The Balaban J connectivity index is 1.69. The maximum absolute atomic E-state index is 14.0. The minimum atomic E-state index is -1.53. The molecule has 0 spiro atoms. The number of hydrogen-bond acceptors (Lipinski definition) is 4. The molecule has 6 nitrogen and oxygen atoms in total. The molecule has 1 atom stereocenters. The number of anilines is 1. The second-order valence-electron chi connectivity index (χ2n) is 7.66. The van der Waals surface area contributed by atoms with Gasteiger partial charge in [-0.3, -0.25) is 4.79 Å². The normalized spacial score (nSPS) is 13.3. The summed E-state index contributed by atoms with van der Waals surface area (Å²) in [6, 6.07) is 6.76. The molecule has 0 aliphatic carbocycles. The second kappa shape index (κ2) is 10.1. The molecule has 3 N–H and O–H groups in total. The van der Waals surface area contributed by atoms with Gasteiger partial charge in [0, 0.05) is 24.1 Å². The van der Waals surface area contributed by atoms with Gasteiger partial charge in [-0.2, -0.15) is 0 Å². The quantitative estimate of drug-likeness (QED) is 0.406. The van der Waals surface area contributed by atoms with Gasteiger partial charge in [0.2, 0.25) is 0 Å². The van der Waals surface area contributed by atoms with E-state index in [4.69, 9.17) is 27.9 Å². The van der Waals surface area contributed by atoms with Gasteiger partial charge in [-0.15, -0.1) is 0 Å². The van der Waals surface area contributed by atoms with Gasteiger partial charge >= 0.3 is 5.97 Å². The van der Waals surface area contributed by atoms with E-state index < -0.39 is 40.9 Å². The highest BCUT2D eigenvalue weighted by Gasteiger charge is 2.28. The van der Waals surface area contributed by atoms with Crippen LogP contribution in [0.1, 0.15) is 15.9 Å². The number of carboxylic acids is 1. The van der Waals surface area contributed by atoms with Crippen LogP contribution in [0.2, 0.25) is 10.0 Å². The Labute approximate surface area is 207 Å². The maximum Gasteiger partial charge on any atom is 0.326 e. The molecule has 0 unspecified atom stereocenters. The van der Waals surface area contributed by atoms with E-state index in [1.54, 1.807) is 12.1 Å². The van der Waals surface area contributed by atoms with Crippen LogP contribution >= 0.6 is 23.2 Å². The van der Waals surface area contributed by atoms with E-state index >= 15 is 0 Å². The summed E-state index contributed by atoms with van der Waals surface area (Å²) < 4.78 is 47.4. The van der Waals surface area contributed by atoms with E-state index in [-0.39, 0.29) is 23.1 Å². The maximum atomic E-state index is 14.0. The molecule has 35 heavy (non-hydrogen) atoms. The van der Waals surface area contributed by atoms with E-state index in [9.17, 15) is 27.9 Å². The number of aliphatic carboxylic acids is 1. The van der Waals surface area contributed by atoms with E-state index in [2.05, 4.69) is 10.6 Å². The third-order valence-corrected chi connectivity index (χ3v) is 5.98. The Morgan fingerprint density at radius 1 is 1.09 bits per heavy atom. The Morgan fingerprint density at radius 3 is 2.37 bits per heavy atom. The van der Waals surface area contributed by atoms with Crippen LogP contribution in [-0.2, 0) is 11.2 Å². The number of carbonyl (C=O) groups is 2. The van der Waals surface area contributed by atoms with E-state index in [0.29, 0.717) is 34.7 Å². The van der Waals surface area contributed by atoms with E-state index in [1.165, 1.54) is 0 Å². The van der Waals surface area contributed by atoms with Crippen molar-refractivity contribution in [3.63, 3.8) is 0 Å². The van der Waals surface area contributed by atoms with Crippen molar-refractivity contribution >= 4 is 40.8 Å². The van der Waals surface area contributed by atoms with Crippen LogP contribution in [0.25, 0.3) is 11.1 Å². The molecule has 1 heterocycles. The van der Waals surface area contributed by atoms with Crippen LogP contribution in [0, 0.1) is 17.5 Å². The topological polar surface area (TPSA) is 87.7 Å². The summed E-state index contributed by atoms with van der Waals surface area (Å²) in [4.78, 5) is 24.4. The van der Waals surface area contributed by atoms with Crippen LogP contribution in [0.4, 0.5) is 18.9 Å². The standard InChI is InChI=1S/C24H17Cl2F3N2O4/c25-14-9-12(27)10-15(26)19(14)13-5-4-11(22-21(13)30-6-7-35-22)8-18(24(33)34)31-23(32)20-16(28)2-1-3-17(20)29/h1-5,9-10,18,30H,6-8H2,(H,31,32)(H,33,34)/t18-/m0/s1. The zero-order chi connectivity index (χ0) is 25.3. The summed E-state index contributed by atoms with van der Waals surface area (Å²) in [5.74, 6) is -5.17. The van der Waals surface area contributed by atoms with Crippen LogP contribution in [0.5, 0.6) is 5.75 Å². The van der Waals surface area contributed by atoms with Gasteiger partial charge in [-0.1, -0.05) is 41.4 Å². The number of hydrogen-bond donors (Lipinski definition) is 3. The zero-order valence-electron chi connectivity index (χ0n) is 17.8. The fourth-order valence-corrected chi connectivity index (χ4v) is 4.49. The first kappa shape index (κ1) is 24.7. The number of carboxylic acid groups (broad SMARTS) is 1. The molecular weight excluding hydrogens is 508 g/mol. The summed E-state index contributed by atoms with van der Waals surface area (Å²) in [6.45, 7) is 0.685. The number of amides is 1. The molecule has 0 bridgehead atoms. The molecule has 0 fully saturated rings. The van der Waals surface area contributed by atoms with Crippen LogP contribution in [0.15, 0.2) is 42.5 Å². The monoisotopic (exact) mass is 524 g/mol. The first-order valence-electron chi connectivity index (χ1n) is 10.3. The zero-order valence-corrected chi connectivity index (χ0v) is 19.3. The van der Waals surface area contributed by atoms with E-state index in [1.807, 2.05) is 0 Å². The van der Waals surface area contributed by atoms with Crippen LogP contribution < -0.4 is 15.4 Å². The van der Waals surface area contributed by atoms with Crippen molar-refractivity contribution in [3.05, 3.63) is 81.1 Å². The molecule has 0 aromatic heterocycles. The predicted octanol–water partition coefficient (Wildman–Crippen LogP) is 5.31. The summed E-state index contributed by atoms with van der Waals surface area (Å²) in [6.07, 6.45) is -0.258. The summed E-state index contributed by atoms with van der Waals surface area (Å²) in [5, 5.41) is 15.1. The highest BCUT2D eigenvalue weighted by atomic mass is 35.5. The van der Waals surface area contributed by atoms with Crippen molar-refractivity contribution in [1.29, 1.82) is 0 Å².